The summed E-state index contributed by atoms with van der Waals surface area (Å²) in [5.41, 5.74) is 2.62. The summed E-state index contributed by atoms with van der Waals surface area (Å²) in [7, 11) is 1.65. The van der Waals surface area contributed by atoms with Crippen LogP contribution in [0.4, 0.5) is 0 Å². The van der Waals surface area contributed by atoms with E-state index in [0.29, 0.717) is 25.2 Å². The van der Waals surface area contributed by atoms with E-state index in [9.17, 15) is 10.2 Å². The first-order valence-electron chi connectivity index (χ1n) is 7.78. The molecule has 122 valence electrons. The zero-order chi connectivity index (χ0) is 16.4. The summed E-state index contributed by atoms with van der Waals surface area (Å²) in [6.45, 7) is 2.98. The molecular weight excluding hydrogens is 292 g/mol. The predicted molar refractivity (Wildman–Crippen MR) is 87.4 cm³/mol. The SMILES string of the molecule is COc1cccc(C2CC(O)CN2Cc2nc(C)ccc2O)c1. The molecule has 0 saturated carbocycles. The highest BCUT2D eigenvalue weighted by molar-refractivity contribution is 5.32. The van der Waals surface area contributed by atoms with Crippen LogP contribution in [0.2, 0.25) is 0 Å². The molecule has 0 radical (unpaired) electrons. The maximum atomic E-state index is 10.1. The number of aliphatic hydroxyl groups excluding tert-OH is 1. The number of aryl methyl sites for hydroxylation is 1. The number of rotatable bonds is 4. The molecule has 1 aromatic heterocycles. The van der Waals surface area contributed by atoms with E-state index in [2.05, 4.69) is 9.88 Å². The number of nitrogens with zero attached hydrogens (tertiary/aromatic N) is 2. The normalized spacial score (nSPS) is 21.5. The fourth-order valence-electron chi connectivity index (χ4n) is 3.16. The molecule has 1 aliphatic rings. The molecule has 2 unspecified atom stereocenters. The lowest BCUT2D eigenvalue weighted by atomic mass is 10.0. The van der Waals surface area contributed by atoms with E-state index in [1.165, 1.54) is 0 Å². The van der Waals surface area contributed by atoms with Crippen LogP contribution in [0.15, 0.2) is 36.4 Å². The van der Waals surface area contributed by atoms with Gasteiger partial charge >= 0.3 is 0 Å². The van der Waals surface area contributed by atoms with Crippen molar-refractivity contribution >= 4 is 0 Å². The van der Waals surface area contributed by atoms with Gasteiger partial charge in [0.05, 0.1) is 18.9 Å². The molecule has 1 fully saturated rings. The van der Waals surface area contributed by atoms with E-state index in [1.807, 2.05) is 31.2 Å². The Morgan fingerprint density at radius 2 is 2.13 bits per heavy atom. The molecule has 3 rings (SSSR count). The lowest BCUT2D eigenvalue weighted by Crippen LogP contribution is -2.25. The van der Waals surface area contributed by atoms with Crippen LogP contribution in [0.5, 0.6) is 11.5 Å². The van der Waals surface area contributed by atoms with Crippen LogP contribution >= 0.6 is 0 Å². The number of aliphatic hydroxyl groups is 1. The largest absolute Gasteiger partial charge is 0.506 e. The van der Waals surface area contributed by atoms with Crippen molar-refractivity contribution in [2.45, 2.75) is 32.0 Å². The maximum absolute atomic E-state index is 10.1. The maximum Gasteiger partial charge on any atom is 0.138 e. The second-order valence-electron chi connectivity index (χ2n) is 6.03. The fraction of sp³-hybridized carbons (Fsp3) is 0.389. The number of hydrogen-bond acceptors (Lipinski definition) is 5. The van der Waals surface area contributed by atoms with E-state index in [0.717, 1.165) is 17.0 Å². The number of ether oxygens (including phenoxy) is 1. The van der Waals surface area contributed by atoms with Crippen molar-refractivity contribution in [2.75, 3.05) is 13.7 Å². The molecule has 2 heterocycles. The number of benzene rings is 1. The molecule has 5 heteroatoms. The first-order valence-corrected chi connectivity index (χ1v) is 7.78. The highest BCUT2D eigenvalue weighted by atomic mass is 16.5. The lowest BCUT2D eigenvalue weighted by molar-refractivity contribution is 0.171. The van der Waals surface area contributed by atoms with Crippen molar-refractivity contribution in [3.05, 3.63) is 53.3 Å². The Balaban J connectivity index is 1.86. The van der Waals surface area contributed by atoms with Gasteiger partial charge < -0.3 is 14.9 Å². The molecule has 2 N–H and O–H groups in total. The molecule has 2 aromatic rings. The summed E-state index contributed by atoms with van der Waals surface area (Å²) in [4.78, 5) is 6.58. The molecule has 5 nitrogen and oxygen atoms in total. The standard InChI is InChI=1S/C18H22N2O3/c1-12-6-7-18(22)16(19-12)11-20-10-14(21)9-17(20)13-4-3-5-15(8-13)23-2/h3-8,14,17,21-22H,9-11H2,1-2H3. The molecule has 23 heavy (non-hydrogen) atoms. The number of aromatic hydroxyl groups is 1. The Morgan fingerprint density at radius 3 is 2.91 bits per heavy atom. The van der Waals surface area contributed by atoms with Gasteiger partial charge in [-0.2, -0.15) is 0 Å². The number of hydrogen-bond donors (Lipinski definition) is 2. The Labute approximate surface area is 136 Å². The summed E-state index contributed by atoms with van der Waals surface area (Å²) in [6, 6.07) is 11.5. The van der Waals surface area contributed by atoms with E-state index in [-0.39, 0.29) is 17.9 Å². The molecular formula is C18H22N2O3. The molecule has 1 aromatic carbocycles. The van der Waals surface area contributed by atoms with Crippen LogP contribution in [0.25, 0.3) is 0 Å². The van der Waals surface area contributed by atoms with Gasteiger partial charge in [0.1, 0.15) is 11.5 Å². The highest BCUT2D eigenvalue weighted by Crippen LogP contribution is 2.35. The van der Waals surface area contributed by atoms with Crippen LogP contribution in [-0.4, -0.2) is 39.9 Å². The van der Waals surface area contributed by atoms with Gasteiger partial charge in [0.25, 0.3) is 0 Å². The Morgan fingerprint density at radius 1 is 1.30 bits per heavy atom. The van der Waals surface area contributed by atoms with Gasteiger partial charge in [0.15, 0.2) is 0 Å². The smallest absolute Gasteiger partial charge is 0.138 e. The van der Waals surface area contributed by atoms with E-state index in [1.54, 1.807) is 19.2 Å². The fourth-order valence-corrected chi connectivity index (χ4v) is 3.16. The summed E-state index contributed by atoms with van der Waals surface area (Å²) >= 11 is 0. The molecule has 0 aliphatic carbocycles. The number of methoxy groups -OCH3 is 1. The van der Waals surface area contributed by atoms with E-state index < -0.39 is 0 Å². The summed E-state index contributed by atoms with van der Waals surface area (Å²) in [5, 5.41) is 20.1. The third-order valence-corrected chi connectivity index (χ3v) is 4.30. The van der Waals surface area contributed by atoms with Gasteiger partial charge in [0.2, 0.25) is 0 Å². The van der Waals surface area contributed by atoms with Gasteiger partial charge in [-0.3, -0.25) is 9.88 Å². The zero-order valence-electron chi connectivity index (χ0n) is 13.4. The van der Waals surface area contributed by atoms with Gasteiger partial charge in [-0.15, -0.1) is 0 Å². The van der Waals surface area contributed by atoms with Gasteiger partial charge in [0, 0.05) is 24.8 Å². The van der Waals surface area contributed by atoms with Gasteiger partial charge in [-0.05, 0) is 43.2 Å². The number of β-amino-alcohol motifs (C(OH)–C–C–N with tert-alkyl or cyclic N) is 1. The average Bonchev–Trinajstić information content (AvgIpc) is 2.91. The van der Waals surface area contributed by atoms with Crippen LogP contribution in [-0.2, 0) is 6.54 Å². The predicted octanol–water partition coefficient (Wildman–Crippen LogP) is 2.41. The lowest BCUT2D eigenvalue weighted by Gasteiger charge is -2.24. The molecule has 0 spiro atoms. The second-order valence-corrected chi connectivity index (χ2v) is 6.03. The molecule has 1 saturated heterocycles. The summed E-state index contributed by atoms with van der Waals surface area (Å²) < 4.78 is 5.30. The second kappa shape index (κ2) is 6.56. The quantitative estimate of drug-likeness (QED) is 0.907. The third-order valence-electron chi connectivity index (χ3n) is 4.30. The number of likely N-dealkylation sites (tertiary alicyclic amines) is 1. The minimum atomic E-state index is -0.377. The van der Waals surface area contributed by atoms with Crippen molar-refractivity contribution in [3.8, 4) is 11.5 Å². The van der Waals surface area contributed by atoms with E-state index >= 15 is 0 Å². The minimum absolute atomic E-state index is 0.0850. The molecule has 0 bridgehead atoms. The Hall–Kier alpha value is -2.11. The summed E-state index contributed by atoms with van der Waals surface area (Å²) in [6.07, 6.45) is 0.290. The Kier molecular flexibility index (Phi) is 4.50. The summed E-state index contributed by atoms with van der Waals surface area (Å²) in [5.74, 6) is 1.00. The van der Waals surface area contributed by atoms with Crippen molar-refractivity contribution in [3.63, 3.8) is 0 Å². The van der Waals surface area contributed by atoms with Gasteiger partial charge in [-0.25, -0.2) is 0 Å². The van der Waals surface area contributed by atoms with Crippen LogP contribution in [0, 0.1) is 6.92 Å². The monoisotopic (exact) mass is 314 g/mol. The third kappa shape index (κ3) is 3.46. The van der Waals surface area contributed by atoms with E-state index in [4.69, 9.17) is 4.74 Å². The zero-order valence-corrected chi connectivity index (χ0v) is 13.4. The number of pyridine rings is 1. The Bertz CT molecular complexity index is 690. The van der Waals surface area contributed by atoms with Gasteiger partial charge in [-0.1, -0.05) is 12.1 Å². The first kappa shape index (κ1) is 15.8. The van der Waals surface area contributed by atoms with Crippen molar-refractivity contribution in [2.24, 2.45) is 0 Å². The van der Waals surface area contributed by atoms with Crippen molar-refractivity contribution in [1.29, 1.82) is 0 Å². The van der Waals surface area contributed by atoms with Crippen LogP contribution in [0.1, 0.15) is 29.4 Å². The molecule has 0 amide bonds. The highest BCUT2D eigenvalue weighted by Gasteiger charge is 2.32. The van der Waals surface area contributed by atoms with Crippen LogP contribution < -0.4 is 4.74 Å². The number of aromatic nitrogens is 1. The minimum Gasteiger partial charge on any atom is -0.506 e. The van der Waals surface area contributed by atoms with Crippen LogP contribution in [0.3, 0.4) is 0 Å². The average molecular weight is 314 g/mol. The van der Waals surface area contributed by atoms with Crippen molar-refractivity contribution < 1.29 is 14.9 Å². The molecule has 2 atom stereocenters. The topological polar surface area (TPSA) is 65.8 Å². The van der Waals surface area contributed by atoms with Crippen molar-refractivity contribution in [1.82, 2.24) is 9.88 Å². The molecule has 1 aliphatic heterocycles. The first-order chi connectivity index (χ1) is 11.1.